The van der Waals surface area contributed by atoms with Gasteiger partial charge in [-0.1, -0.05) is 18.2 Å². The Morgan fingerprint density at radius 2 is 2.06 bits per heavy atom. The Hall–Kier alpha value is -1.75. The Labute approximate surface area is 110 Å². The van der Waals surface area contributed by atoms with Crippen LogP contribution >= 0.6 is 11.6 Å². The molecule has 0 aliphatic carbocycles. The second kappa shape index (κ2) is 7.55. The highest BCUT2D eigenvalue weighted by atomic mass is 35.5. The molecule has 1 rings (SSSR count). The molecule has 0 saturated heterocycles. The molecule has 0 unspecified atom stereocenters. The van der Waals surface area contributed by atoms with Gasteiger partial charge in [-0.05, 0) is 6.07 Å². The summed E-state index contributed by atoms with van der Waals surface area (Å²) in [6.45, 7) is 0.282. The van der Waals surface area contributed by atoms with Crippen LogP contribution in [0.2, 0.25) is 0 Å². The Morgan fingerprint density at radius 1 is 1.33 bits per heavy atom. The maximum atomic E-state index is 11.4. The van der Waals surface area contributed by atoms with Gasteiger partial charge in [0, 0.05) is 24.4 Å². The van der Waals surface area contributed by atoms with E-state index < -0.39 is 11.9 Å². The zero-order chi connectivity index (χ0) is 13.4. The van der Waals surface area contributed by atoms with E-state index in [0.29, 0.717) is 5.75 Å². The molecule has 0 aromatic heterocycles. The molecular weight excluding hydrogens is 256 g/mol. The fraction of sp³-hybridized carbons (Fsp3) is 0.333. The van der Waals surface area contributed by atoms with Crippen LogP contribution in [0.25, 0.3) is 0 Å². The number of rotatable bonds is 5. The first-order chi connectivity index (χ1) is 8.67. The second-order valence-corrected chi connectivity index (χ2v) is 3.86. The van der Waals surface area contributed by atoms with Crippen molar-refractivity contribution in [2.45, 2.75) is 13.0 Å². The number of amides is 3. The Bertz CT molecular complexity index is 424. The van der Waals surface area contributed by atoms with Crippen LogP contribution in [0.4, 0.5) is 4.79 Å². The fourth-order valence-corrected chi connectivity index (χ4v) is 1.52. The van der Waals surface area contributed by atoms with E-state index in [4.69, 9.17) is 16.3 Å². The minimum Gasteiger partial charge on any atom is -0.496 e. The number of nitrogens with one attached hydrogen (secondary N) is 2. The number of halogens is 1. The Kier molecular flexibility index (Phi) is 6.00. The SMILES string of the molecule is COc1ccccc1CNC(=O)NC(=O)CCCl. The fourth-order valence-electron chi connectivity index (χ4n) is 1.34. The van der Waals surface area contributed by atoms with Crippen LogP contribution in [-0.2, 0) is 11.3 Å². The minimum atomic E-state index is -0.545. The predicted octanol–water partition coefficient (Wildman–Crippen LogP) is 1.65. The normalized spacial score (nSPS) is 9.67. The quantitative estimate of drug-likeness (QED) is 0.800. The summed E-state index contributed by atoms with van der Waals surface area (Å²) in [5, 5.41) is 4.74. The molecule has 1 aromatic rings. The third-order valence-electron chi connectivity index (χ3n) is 2.21. The van der Waals surface area contributed by atoms with Gasteiger partial charge >= 0.3 is 6.03 Å². The van der Waals surface area contributed by atoms with Crippen molar-refractivity contribution >= 4 is 23.5 Å². The molecule has 0 atom stereocenters. The van der Waals surface area contributed by atoms with E-state index in [1.165, 1.54) is 0 Å². The first-order valence-corrected chi connectivity index (χ1v) is 5.96. The number of urea groups is 1. The summed E-state index contributed by atoms with van der Waals surface area (Å²) in [4.78, 5) is 22.5. The van der Waals surface area contributed by atoms with Gasteiger partial charge in [0.2, 0.25) is 5.91 Å². The molecule has 3 amide bonds. The number of alkyl halides is 1. The molecule has 0 saturated carbocycles. The van der Waals surface area contributed by atoms with Crippen molar-refractivity contribution in [3.8, 4) is 5.75 Å². The molecule has 0 aliphatic rings. The molecule has 1 aromatic carbocycles. The van der Waals surface area contributed by atoms with Crippen molar-refractivity contribution in [3.63, 3.8) is 0 Å². The van der Waals surface area contributed by atoms with Gasteiger partial charge in [0.1, 0.15) is 5.75 Å². The van der Waals surface area contributed by atoms with Gasteiger partial charge < -0.3 is 10.1 Å². The van der Waals surface area contributed by atoms with Crippen LogP contribution in [0.3, 0.4) is 0 Å². The van der Waals surface area contributed by atoms with Crippen molar-refractivity contribution in [1.82, 2.24) is 10.6 Å². The van der Waals surface area contributed by atoms with Crippen molar-refractivity contribution in [3.05, 3.63) is 29.8 Å². The van der Waals surface area contributed by atoms with E-state index in [-0.39, 0.29) is 18.8 Å². The van der Waals surface area contributed by atoms with Gasteiger partial charge in [-0.2, -0.15) is 0 Å². The van der Waals surface area contributed by atoms with E-state index in [1.54, 1.807) is 13.2 Å². The maximum Gasteiger partial charge on any atom is 0.321 e. The summed E-state index contributed by atoms with van der Waals surface area (Å²) in [5.41, 5.74) is 0.833. The van der Waals surface area contributed by atoms with Crippen molar-refractivity contribution < 1.29 is 14.3 Å². The zero-order valence-electron chi connectivity index (χ0n) is 10.0. The molecule has 6 heteroatoms. The number of hydrogen-bond donors (Lipinski definition) is 2. The van der Waals surface area contributed by atoms with Crippen LogP contribution < -0.4 is 15.4 Å². The summed E-state index contributed by atoms with van der Waals surface area (Å²) in [6.07, 6.45) is 0.115. The minimum absolute atomic E-state index is 0.115. The van der Waals surface area contributed by atoms with Crippen LogP contribution in [0.5, 0.6) is 5.75 Å². The van der Waals surface area contributed by atoms with Gasteiger partial charge in [-0.15, -0.1) is 11.6 Å². The Balaban J connectivity index is 2.45. The molecule has 2 N–H and O–H groups in total. The summed E-state index contributed by atoms with van der Waals surface area (Å²) >= 11 is 5.38. The van der Waals surface area contributed by atoms with E-state index in [9.17, 15) is 9.59 Å². The van der Waals surface area contributed by atoms with Crippen LogP contribution in [0.15, 0.2) is 24.3 Å². The maximum absolute atomic E-state index is 11.4. The summed E-state index contributed by atoms with van der Waals surface area (Å²) in [7, 11) is 1.56. The number of ether oxygens (including phenoxy) is 1. The van der Waals surface area contributed by atoms with Crippen molar-refractivity contribution in [2.24, 2.45) is 0 Å². The lowest BCUT2D eigenvalue weighted by atomic mass is 10.2. The number of imide groups is 1. The van der Waals surface area contributed by atoms with E-state index in [1.807, 2.05) is 18.2 Å². The van der Waals surface area contributed by atoms with Crippen LogP contribution in [0.1, 0.15) is 12.0 Å². The predicted molar refractivity (Wildman–Crippen MR) is 68.7 cm³/mol. The summed E-state index contributed by atoms with van der Waals surface area (Å²) in [6, 6.07) is 6.77. The number of methoxy groups -OCH3 is 1. The average Bonchev–Trinajstić information content (AvgIpc) is 2.37. The van der Waals surface area contributed by atoms with Crippen LogP contribution in [-0.4, -0.2) is 24.9 Å². The summed E-state index contributed by atoms with van der Waals surface area (Å²) in [5.74, 6) is 0.471. The van der Waals surface area contributed by atoms with Gasteiger partial charge in [0.05, 0.1) is 7.11 Å². The van der Waals surface area contributed by atoms with Gasteiger partial charge in [0.25, 0.3) is 0 Å². The highest BCUT2D eigenvalue weighted by molar-refractivity contribution is 6.19. The lowest BCUT2D eigenvalue weighted by Gasteiger charge is -2.09. The van der Waals surface area contributed by atoms with Gasteiger partial charge in [-0.3, -0.25) is 10.1 Å². The standard InChI is InChI=1S/C12H15ClN2O3/c1-18-10-5-3-2-4-9(10)8-14-12(17)15-11(16)6-7-13/h2-5H,6-8H2,1H3,(H2,14,15,16,17). The number of carbonyl (C=O) groups excluding carboxylic acids is 2. The lowest BCUT2D eigenvalue weighted by Crippen LogP contribution is -2.39. The number of benzene rings is 1. The second-order valence-electron chi connectivity index (χ2n) is 3.48. The smallest absolute Gasteiger partial charge is 0.321 e. The van der Waals surface area contributed by atoms with Gasteiger partial charge in [0.15, 0.2) is 0 Å². The molecule has 18 heavy (non-hydrogen) atoms. The first kappa shape index (κ1) is 14.3. The highest BCUT2D eigenvalue weighted by Crippen LogP contribution is 2.16. The number of carbonyl (C=O) groups is 2. The molecule has 0 aliphatic heterocycles. The van der Waals surface area contributed by atoms with Crippen molar-refractivity contribution in [2.75, 3.05) is 13.0 Å². The third kappa shape index (κ3) is 4.63. The van der Waals surface area contributed by atoms with Gasteiger partial charge in [-0.25, -0.2) is 4.79 Å². The highest BCUT2D eigenvalue weighted by Gasteiger charge is 2.07. The number of para-hydroxylation sites is 1. The zero-order valence-corrected chi connectivity index (χ0v) is 10.8. The Morgan fingerprint density at radius 3 is 2.72 bits per heavy atom. The molecule has 5 nitrogen and oxygen atoms in total. The van der Waals surface area contributed by atoms with E-state index in [2.05, 4.69) is 10.6 Å². The molecular formula is C12H15ClN2O3. The van der Waals surface area contributed by atoms with E-state index >= 15 is 0 Å². The molecule has 0 radical (unpaired) electrons. The lowest BCUT2D eigenvalue weighted by molar-refractivity contribution is -0.119. The third-order valence-corrected chi connectivity index (χ3v) is 2.40. The largest absolute Gasteiger partial charge is 0.496 e. The monoisotopic (exact) mass is 270 g/mol. The molecule has 98 valence electrons. The molecule has 0 heterocycles. The molecule has 0 spiro atoms. The first-order valence-electron chi connectivity index (χ1n) is 5.43. The molecule has 0 bridgehead atoms. The van der Waals surface area contributed by atoms with Crippen LogP contribution in [0, 0.1) is 0 Å². The topological polar surface area (TPSA) is 67.4 Å². The van der Waals surface area contributed by atoms with Crippen molar-refractivity contribution in [1.29, 1.82) is 0 Å². The van der Waals surface area contributed by atoms with E-state index in [0.717, 1.165) is 5.56 Å². The molecule has 0 fully saturated rings. The number of hydrogen-bond acceptors (Lipinski definition) is 3. The average molecular weight is 271 g/mol. The summed E-state index contributed by atoms with van der Waals surface area (Å²) < 4.78 is 5.14.